The van der Waals surface area contributed by atoms with Crippen LogP contribution < -0.4 is 0 Å². The zero-order chi connectivity index (χ0) is 10.7. The Hall–Kier alpha value is -0.920. The van der Waals surface area contributed by atoms with Gasteiger partial charge in [0.25, 0.3) is 0 Å². The van der Waals surface area contributed by atoms with E-state index in [4.69, 9.17) is 27.9 Å². The van der Waals surface area contributed by atoms with Crippen LogP contribution in [0.5, 0.6) is 0 Å². The lowest BCUT2D eigenvalue weighted by atomic mass is 10.2. The molecule has 1 aromatic rings. The Bertz CT molecular complexity index is 363. The minimum Gasteiger partial charge on any atom is -0.463 e. The Morgan fingerprint density at radius 2 is 1.64 bits per heavy atom. The van der Waals surface area contributed by atoms with Gasteiger partial charge in [0.1, 0.15) is 5.76 Å². The smallest absolute Gasteiger partial charge is 0.127 e. The maximum absolute atomic E-state index is 5.83. The van der Waals surface area contributed by atoms with Gasteiger partial charge < -0.3 is 4.74 Å². The number of allylic oxidation sites excluding steroid dienone is 1. The van der Waals surface area contributed by atoms with Crippen molar-refractivity contribution in [1.29, 1.82) is 0 Å². The average Bonchev–Trinajstić information content (AvgIpc) is 2.00. The van der Waals surface area contributed by atoms with Crippen molar-refractivity contribution in [3.8, 4) is 0 Å². The summed E-state index contributed by atoms with van der Waals surface area (Å²) in [6.07, 6.45) is 0. The largest absolute Gasteiger partial charge is 0.463 e. The first-order valence-corrected chi connectivity index (χ1v) is 4.73. The Balaban J connectivity index is 2.95. The normalized spacial score (nSPS) is 9.64. The third-order valence-electron chi connectivity index (χ3n) is 1.48. The van der Waals surface area contributed by atoms with Crippen molar-refractivity contribution in [2.75, 3.05) is 0 Å². The molecule has 0 aromatic heterocycles. The highest BCUT2D eigenvalue weighted by Crippen LogP contribution is 2.24. The van der Waals surface area contributed by atoms with Gasteiger partial charge in [0.15, 0.2) is 0 Å². The Morgan fingerprint density at radius 1 is 1.14 bits per heavy atom. The van der Waals surface area contributed by atoms with Crippen molar-refractivity contribution < 1.29 is 4.74 Å². The lowest BCUT2D eigenvalue weighted by Crippen LogP contribution is -1.88. The van der Waals surface area contributed by atoms with Crippen LogP contribution in [0.4, 0.5) is 0 Å². The van der Waals surface area contributed by atoms with Crippen molar-refractivity contribution in [1.82, 2.24) is 0 Å². The molecule has 0 aliphatic carbocycles. The topological polar surface area (TPSA) is 9.23 Å². The zero-order valence-corrected chi connectivity index (χ0v) is 9.32. The van der Waals surface area contributed by atoms with Gasteiger partial charge >= 0.3 is 0 Å². The van der Waals surface area contributed by atoms with Crippen LogP contribution in [0.1, 0.15) is 12.5 Å². The van der Waals surface area contributed by atoms with E-state index in [-0.39, 0.29) is 0 Å². The molecule has 0 radical (unpaired) electrons. The fourth-order valence-electron chi connectivity index (χ4n) is 0.984. The van der Waals surface area contributed by atoms with Crippen LogP contribution in [0.25, 0.3) is 5.76 Å². The molecule has 1 rings (SSSR count). The number of ether oxygens (including phenoxy) is 1. The summed E-state index contributed by atoms with van der Waals surface area (Å²) in [6.45, 7) is 9.11. The number of hydrogen-bond donors (Lipinski definition) is 0. The first kappa shape index (κ1) is 11.2. The summed E-state index contributed by atoms with van der Waals surface area (Å²) >= 11 is 11.7. The molecule has 14 heavy (non-hydrogen) atoms. The van der Waals surface area contributed by atoms with Gasteiger partial charge in [0.05, 0.1) is 5.76 Å². The van der Waals surface area contributed by atoms with E-state index in [1.807, 2.05) is 0 Å². The summed E-state index contributed by atoms with van der Waals surface area (Å²) in [7, 11) is 0. The van der Waals surface area contributed by atoms with Gasteiger partial charge in [-0.05, 0) is 25.1 Å². The van der Waals surface area contributed by atoms with Gasteiger partial charge in [-0.3, -0.25) is 0 Å². The van der Waals surface area contributed by atoms with Gasteiger partial charge in [0.2, 0.25) is 0 Å². The number of rotatable bonds is 3. The molecule has 0 aliphatic heterocycles. The first-order valence-electron chi connectivity index (χ1n) is 3.98. The lowest BCUT2D eigenvalue weighted by molar-refractivity contribution is 0.388. The average molecular weight is 229 g/mol. The minimum absolute atomic E-state index is 0.488. The Kier molecular flexibility index (Phi) is 3.62. The minimum atomic E-state index is 0.488. The fourth-order valence-corrected chi connectivity index (χ4v) is 1.51. The SMILES string of the molecule is C=C(C)OC(=C)c1cc(Cl)cc(Cl)c1. The molecule has 0 spiro atoms. The van der Waals surface area contributed by atoms with Crippen molar-refractivity contribution in [3.05, 3.63) is 52.7 Å². The van der Waals surface area contributed by atoms with E-state index < -0.39 is 0 Å². The standard InChI is InChI=1S/C11H10Cl2O/c1-7(2)14-8(3)9-4-10(12)6-11(13)5-9/h4-6H,1,3H2,2H3. The van der Waals surface area contributed by atoms with Gasteiger partial charge in [-0.25, -0.2) is 0 Å². The summed E-state index contributed by atoms with van der Waals surface area (Å²) in [5.74, 6) is 1.06. The molecular weight excluding hydrogens is 219 g/mol. The zero-order valence-electron chi connectivity index (χ0n) is 7.81. The monoisotopic (exact) mass is 228 g/mol. The molecule has 0 saturated heterocycles. The molecule has 0 atom stereocenters. The molecule has 0 fully saturated rings. The van der Waals surface area contributed by atoms with Crippen LogP contribution in [-0.2, 0) is 4.74 Å². The molecule has 0 bridgehead atoms. The summed E-state index contributed by atoms with van der Waals surface area (Å²) in [4.78, 5) is 0. The van der Waals surface area contributed by atoms with Gasteiger partial charge in [0, 0.05) is 15.6 Å². The fraction of sp³-hybridized carbons (Fsp3) is 0.0909. The van der Waals surface area contributed by atoms with E-state index in [0.29, 0.717) is 21.6 Å². The highest BCUT2D eigenvalue weighted by molar-refractivity contribution is 6.34. The maximum atomic E-state index is 5.83. The van der Waals surface area contributed by atoms with Crippen LogP contribution in [-0.4, -0.2) is 0 Å². The predicted molar refractivity (Wildman–Crippen MR) is 61.4 cm³/mol. The van der Waals surface area contributed by atoms with E-state index in [2.05, 4.69) is 13.2 Å². The molecule has 1 nitrogen and oxygen atoms in total. The molecule has 0 aliphatic rings. The molecular formula is C11H10Cl2O. The summed E-state index contributed by atoms with van der Waals surface area (Å²) in [6, 6.07) is 5.12. The lowest BCUT2D eigenvalue weighted by Gasteiger charge is -2.08. The second kappa shape index (κ2) is 4.54. The van der Waals surface area contributed by atoms with Gasteiger partial charge in [-0.15, -0.1) is 0 Å². The van der Waals surface area contributed by atoms with E-state index >= 15 is 0 Å². The molecule has 1 aromatic carbocycles. The van der Waals surface area contributed by atoms with Gasteiger partial charge in [-0.1, -0.05) is 36.4 Å². The van der Waals surface area contributed by atoms with Crippen molar-refractivity contribution >= 4 is 29.0 Å². The summed E-state index contributed by atoms with van der Waals surface area (Å²) in [5.41, 5.74) is 0.755. The Labute approximate surface area is 93.6 Å². The van der Waals surface area contributed by atoms with Crippen molar-refractivity contribution in [3.63, 3.8) is 0 Å². The summed E-state index contributed by atoms with van der Waals surface area (Å²) < 4.78 is 5.24. The highest BCUT2D eigenvalue weighted by atomic mass is 35.5. The first-order chi connectivity index (χ1) is 6.49. The molecule has 0 unspecified atom stereocenters. The quantitative estimate of drug-likeness (QED) is 0.692. The van der Waals surface area contributed by atoms with Crippen LogP contribution in [0, 0.1) is 0 Å². The predicted octanol–water partition coefficient (Wildman–Crippen LogP) is 4.51. The maximum Gasteiger partial charge on any atom is 0.127 e. The third kappa shape index (κ3) is 3.09. The molecule has 0 N–H and O–H groups in total. The van der Waals surface area contributed by atoms with E-state index in [0.717, 1.165) is 5.56 Å². The van der Waals surface area contributed by atoms with E-state index in [1.54, 1.807) is 25.1 Å². The number of halogens is 2. The highest BCUT2D eigenvalue weighted by Gasteiger charge is 2.03. The molecule has 74 valence electrons. The molecule has 0 saturated carbocycles. The van der Waals surface area contributed by atoms with Crippen molar-refractivity contribution in [2.45, 2.75) is 6.92 Å². The molecule has 0 amide bonds. The molecule has 0 heterocycles. The van der Waals surface area contributed by atoms with Crippen LogP contribution in [0.15, 0.2) is 37.1 Å². The number of benzene rings is 1. The second-order valence-corrected chi connectivity index (χ2v) is 3.76. The van der Waals surface area contributed by atoms with E-state index in [9.17, 15) is 0 Å². The molecule has 3 heteroatoms. The summed E-state index contributed by atoms with van der Waals surface area (Å²) in [5, 5.41) is 1.11. The van der Waals surface area contributed by atoms with Gasteiger partial charge in [-0.2, -0.15) is 0 Å². The van der Waals surface area contributed by atoms with Crippen molar-refractivity contribution in [2.24, 2.45) is 0 Å². The third-order valence-corrected chi connectivity index (χ3v) is 1.92. The van der Waals surface area contributed by atoms with Crippen LogP contribution in [0.3, 0.4) is 0 Å². The second-order valence-electron chi connectivity index (χ2n) is 2.89. The Morgan fingerprint density at radius 3 is 2.07 bits per heavy atom. The number of hydrogen-bond acceptors (Lipinski definition) is 1. The van der Waals surface area contributed by atoms with Crippen LogP contribution >= 0.6 is 23.2 Å². The van der Waals surface area contributed by atoms with Crippen LogP contribution in [0.2, 0.25) is 10.0 Å². The van der Waals surface area contributed by atoms with E-state index in [1.165, 1.54) is 0 Å².